The number of benzene rings is 2. The van der Waals surface area contributed by atoms with Crippen molar-refractivity contribution >= 4 is 15.9 Å². The summed E-state index contributed by atoms with van der Waals surface area (Å²) in [4.78, 5) is 15.4. The Morgan fingerprint density at radius 1 is 1.00 bits per heavy atom. The van der Waals surface area contributed by atoms with Gasteiger partial charge in [-0.2, -0.15) is 4.31 Å². The third-order valence-electron chi connectivity index (χ3n) is 6.42. The van der Waals surface area contributed by atoms with Crippen LogP contribution >= 0.6 is 0 Å². The molecule has 0 aliphatic carbocycles. The standard InChI is InChI=1S/C24H30N2O4S/c1-18-8-3-4-15-26(18)31(28,29)22-12-6-10-20(17-22)24(27)25-14-7-13-23(25)19-9-5-11-21(16-19)30-2/h5-6,9-12,16-18,23H,3-4,7-8,13-15H2,1-2H3. The van der Waals surface area contributed by atoms with Gasteiger partial charge in [-0.05, 0) is 68.5 Å². The van der Waals surface area contributed by atoms with Gasteiger partial charge in [0.25, 0.3) is 5.91 Å². The molecule has 0 bridgehead atoms. The Morgan fingerprint density at radius 3 is 2.58 bits per heavy atom. The lowest BCUT2D eigenvalue weighted by molar-refractivity contribution is 0.0735. The van der Waals surface area contributed by atoms with Crippen LogP contribution in [0.3, 0.4) is 0 Å². The monoisotopic (exact) mass is 442 g/mol. The molecule has 0 saturated carbocycles. The van der Waals surface area contributed by atoms with E-state index < -0.39 is 10.0 Å². The van der Waals surface area contributed by atoms with E-state index in [1.165, 1.54) is 0 Å². The Hall–Kier alpha value is -2.38. The summed E-state index contributed by atoms with van der Waals surface area (Å²) in [5.74, 6) is 0.634. The summed E-state index contributed by atoms with van der Waals surface area (Å²) < 4.78 is 33.4. The molecule has 31 heavy (non-hydrogen) atoms. The maximum Gasteiger partial charge on any atom is 0.254 e. The van der Waals surface area contributed by atoms with Crippen molar-refractivity contribution in [2.45, 2.75) is 56.0 Å². The quantitative estimate of drug-likeness (QED) is 0.695. The smallest absolute Gasteiger partial charge is 0.254 e. The molecule has 0 radical (unpaired) electrons. The lowest BCUT2D eigenvalue weighted by Crippen LogP contribution is -2.42. The normalized spacial score (nSPS) is 22.5. The first-order chi connectivity index (χ1) is 14.9. The second-order valence-corrected chi connectivity index (χ2v) is 10.3. The van der Waals surface area contributed by atoms with Crippen LogP contribution in [-0.4, -0.2) is 49.8 Å². The van der Waals surface area contributed by atoms with Gasteiger partial charge in [0.05, 0.1) is 18.0 Å². The minimum Gasteiger partial charge on any atom is -0.497 e. The number of ether oxygens (including phenoxy) is 1. The molecule has 2 unspecified atom stereocenters. The molecular formula is C24H30N2O4S. The Balaban J connectivity index is 1.60. The maximum atomic E-state index is 13.4. The summed E-state index contributed by atoms with van der Waals surface area (Å²) in [7, 11) is -1.99. The van der Waals surface area contributed by atoms with Gasteiger partial charge in [-0.3, -0.25) is 4.79 Å². The highest BCUT2D eigenvalue weighted by Crippen LogP contribution is 2.35. The topological polar surface area (TPSA) is 66.9 Å². The Morgan fingerprint density at radius 2 is 1.81 bits per heavy atom. The number of piperidine rings is 1. The van der Waals surface area contributed by atoms with Crippen molar-refractivity contribution < 1.29 is 17.9 Å². The zero-order valence-corrected chi connectivity index (χ0v) is 19.0. The van der Waals surface area contributed by atoms with E-state index >= 15 is 0 Å². The Kier molecular flexibility index (Phi) is 6.34. The number of carbonyl (C=O) groups excluding carboxylic acids is 1. The van der Waals surface area contributed by atoms with Gasteiger partial charge in [-0.25, -0.2) is 8.42 Å². The number of carbonyl (C=O) groups is 1. The molecule has 6 nitrogen and oxygen atoms in total. The molecule has 2 saturated heterocycles. The van der Waals surface area contributed by atoms with Crippen molar-refractivity contribution in [1.82, 2.24) is 9.21 Å². The minimum atomic E-state index is -3.62. The largest absolute Gasteiger partial charge is 0.497 e. The van der Waals surface area contributed by atoms with Crippen molar-refractivity contribution in [3.05, 3.63) is 59.7 Å². The van der Waals surface area contributed by atoms with Gasteiger partial charge in [0, 0.05) is 24.7 Å². The van der Waals surface area contributed by atoms with Crippen LogP contribution in [0.4, 0.5) is 0 Å². The highest BCUT2D eigenvalue weighted by atomic mass is 32.2. The zero-order valence-electron chi connectivity index (χ0n) is 18.2. The number of likely N-dealkylation sites (tertiary alicyclic amines) is 1. The van der Waals surface area contributed by atoms with E-state index in [-0.39, 0.29) is 22.9 Å². The average molecular weight is 443 g/mol. The van der Waals surface area contributed by atoms with Crippen molar-refractivity contribution in [3.8, 4) is 5.75 Å². The molecule has 7 heteroatoms. The van der Waals surface area contributed by atoms with Crippen LogP contribution in [0.5, 0.6) is 5.75 Å². The number of nitrogens with zero attached hydrogens (tertiary/aromatic N) is 2. The van der Waals surface area contributed by atoms with Crippen LogP contribution in [0, 0.1) is 0 Å². The number of hydrogen-bond donors (Lipinski definition) is 0. The predicted octanol–water partition coefficient (Wildman–Crippen LogP) is 4.24. The van der Waals surface area contributed by atoms with E-state index in [9.17, 15) is 13.2 Å². The first-order valence-corrected chi connectivity index (χ1v) is 12.4. The molecule has 2 aliphatic rings. The molecule has 0 spiro atoms. The first kappa shape index (κ1) is 21.8. The fourth-order valence-electron chi connectivity index (χ4n) is 4.72. The number of hydrogen-bond acceptors (Lipinski definition) is 4. The van der Waals surface area contributed by atoms with E-state index in [1.807, 2.05) is 36.1 Å². The Bertz CT molecular complexity index is 1050. The van der Waals surface area contributed by atoms with E-state index in [2.05, 4.69) is 0 Å². The molecule has 1 amide bonds. The summed E-state index contributed by atoms with van der Waals surface area (Å²) in [5, 5.41) is 0. The highest BCUT2D eigenvalue weighted by molar-refractivity contribution is 7.89. The summed E-state index contributed by atoms with van der Waals surface area (Å²) >= 11 is 0. The van der Waals surface area contributed by atoms with E-state index in [1.54, 1.807) is 35.7 Å². The zero-order chi connectivity index (χ0) is 22.0. The van der Waals surface area contributed by atoms with E-state index in [0.29, 0.717) is 18.7 Å². The van der Waals surface area contributed by atoms with Gasteiger partial charge in [-0.1, -0.05) is 24.6 Å². The SMILES string of the molecule is COc1cccc(C2CCCN2C(=O)c2cccc(S(=O)(=O)N3CCCCC3C)c2)c1. The molecule has 2 heterocycles. The lowest BCUT2D eigenvalue weighted by Gasteiger charge is -2.32. The van der Waals surface area contributed by atoms with Crippen LogP contribution in [0.2, 0.25) is 0 Å². The number of rotatable bonds is 5. The molecule has 2 fully saturated rings. The molecule has 2 aromatic rings. The Labute approximate surface area is 184 Å². The summed E-state index contributed by atoms with van der Waals surface area (Å²) in [6, 6.07) is 14.3. The molecule has 0 aromatic heterocycles. The lowest BCUT2D eigenvalue weighted by atomic mass is 10.0. The molecule has 4 rings (SSSR count). The molecule has 2 atom stereocenters. The fourth-order valence-corrected chi connectivity index (χ4v) is 6.47. The van der Waals surface area contributed by atoms with Crippen molar-refractivity contribution in [1.29, 1.82) is 0 Å². The van der Waals surface area contributed by atoms with Gasteiger partial charge < -0.3 is 9.64 Å². The van der Waals surface area contributed by atoms with Crippen LogP contribution in [-0.2, 0) is 10.0 Å². The number of sulfonamides is 1. The predicted molar refractivity (Wildman–Crippen MR) is 120 cm³/mol. The van der Waals surface area contributed by atoms with Crippen LogP contribution in [0.1, 0.15) is 61.0 Å². The van der Waals surface area contributed by atoms with Crippen molar-refractivity contribution in [2.75, 3.05) is 20.2 Å². The van der Waals surface area contributed by atoms with Crippen molar-refractivity contribution in [3.63, 3.8) is 0 Å². The van der Waals surface area contributed by atoms with Gasteiger partial charge in [0.15, 0.2) is 0 Å². The minimum absolute atomic E-state index is 0.0193. The summed E-state index contributed by atoms with van der Waals surface area (Å²) in [6.45, 7) is 3.14. The van der Waals surface area contributed by atoms with Gasteiger partial charge >= 0.3 is 0 Å². The second kappa shape index (κ2) is 9.01. The second-order valence-electron chi connectivity index (χ2n) is 8.42. The molecule has 166 valence electrons. The van der Waals surface area contributed by atoms with E-state index in [4.69, 9.17) is 4.74 Å². The molecule has 0 N–H and O–H groups in total. The van der Waals surface area contributed by atoms with Crippen LogP contribution < -0.4 is 4.74 Å². The maximum absolute atomic E-state index is 13.4. The summed E-state index contributed by atoms with van der Waals surface area (Å²) in [5.41, 5.74) is 1.46. The number of amides is 1. The average Bonchev–Trinajstić information content (AvgIpc) is 3.29. The van der Waals surface area contributed by atoms with Crippen LogP contribution in [0.25, 0.3) is 0 Å². The van der Waals surface area contributed by atoms with Crippen LogP contribution in [0.15, 0.2) is 53.4 Å². The first-order valence-electron chi connectivity index (χ1n) is 11.0. The molecular weight excluding hydrogens is 412 g/mol. The third-order valence-corrected chi connectivity index (χ3v) is 8.43. The highest BCUT2D eigenvalue weighted by Gasteiger charge is 2.33. The third kappa shape index (κ3) is 4.34. The van der Waals surface area contributed by atoms with Gasteiger partial charge in [0.2, 0.25) is 10.0 Å². The van der Waals surface area contributed by atoms with Crippen molar-refractivity contribution in [2.24, 2.45) is 0 Å². The molecule has 2 aliphatic heterocycles. The number of methoxy groups -OCH3 is 1. The fraction of sp³-hybridized carbons (Fsp3) is 0.458. The van der Waals surface area contributed by atoms with Gasteiger partial charge in [-0.15, -0.1) is 0 Å². The molecule has 2 aromatic carbocycles. The summed E-state index contributed by atoms with van der Waals surface area (Å²) in [6.07, 6.45) is 4.58. The van der Waals surface area contributed by atoms with Gasteiger partial charge in [0.1, 0.15) is 5.75 Å². The van der Waals surface area contributed by atoms with E-state index in [0.717, 1.165) is 43.4 Å².